The Kier molecular flexibility index (Phi) is 13.1. The van der Waals surface area contributed by atoms with E-state index in [2.05, 4.69) is 47.9 Å². The molecule has 21 heavy (non-hydrogen) atoms. The summed E-state index contributed by atoms with van der Waals surface area (Å²) in [5, 5.41) is 1.20. The van der Waals surface area contributed by atoms with Gasteiger partial charge in [0.2, 0.25) is 0 Å². The normalized spacial score (nSPS) is 9.62. The summed E-state index contributed by atoms with van der Waals surface area (Å²) in [6, 6.07) is 12.1. The molecule has 0 bridgehead atoms. The van der Waals surface area contributed by atoms with Crippen molar-refractivity contribution in [3.05, 3.63) is 42.6 Å². The van der Waals surface area contributed by atoms with Crippen LogP contribution in [0.5, 0.6) is 0 Å². The molecule has 0 unspecified atom stereocenters. The van der Waals surface area contributed by atoms with Crippen LogP contribution in [0.1, 0.15) is 13.8 Å². The van der Waals surface area contributed by atoms with Gasteiger partial charge in [-0.2, -0.15) is 11.8 Å². The highest BCUT2D eigenvalue weighted by atomic mass is 32.2. The first kappa shape index (κ1) is 19.9. The Morgan fingerprint density at radius 3 is 2.24 bits per heavy atom. The minimum absolute atomic E-state index is 1.06. The number of aromatic nitrogens is 1. The maximum atomic E-state index is 4.50. The number of thioether (sulfide) groups is 1. The molecule has 3 nitrogen and oxygen atoms in total. The largest absolute Gasteiger partial charge is 0.333 e. The molecule has 1 aromatic heterocycles. The maximum absolute atomic E-state index is 4.50. The Bertz CT molecular complexity index is 393. The van der Waals surface area contributed by atoms with Crippen molar-refractivity contribution in [1.82, 2.24) is 9.88 Å². The van der Waals surface area contributed by atoms with Gasteiger partial charge in [-0.15, -0.1) is 0 Å². The molecule has 4 heteroatoms. The average Bonchev–Trinajstić information content (AvgIpc) is 2.58. The standard InChI is InChI=1S/C9H7N.C7H17NS.CH5N/c1-2-6-9-8(4-1)5-3-7-10-9;1-4-8(5-2)6-7-9-3;1-2/h1-7H;4-7H2,1-3H3;2H2,1H3. The quantitative estimate of drug-likeness (QED) is 0.918. The highest BCUT2D eigenvalue weighted by Gasteiger charge is 1.95. The van der Waals surface area contributed by atoms with Gasteiger partial charge in [-0.3, -0.25) is 4.98 Å². The molecule has 2 N–H and O–H groups in total. The van der Waals surface area contributed by atoms with Crippen molar-refractivity contribution < 1.29 is 0 Å². The van der Waals surface area contributed by atoms with E-state index in [4.69, 9.17) is 0 Å². The number of nitrogens with two attached hydrogens (primary N) is 1. The summed E-state index contributed by atoms with van der Waals surface area (Å²) in [5.74, 6) is 1.27. The molecule has 0 atom stereocenters. The molecule has 118 valence electrons. The second kappa shape index (κ2) is 13.9. The molecule has 0 spiro atoms. The average molecular weight is 308 g/mol. The van der Waals surface area contributed by atoms with E-state index in [1.165, 1.54) is 37.8 Å². The molecule has 0 radical (unpaired) electrons. The Labute approximate surface area is 133 Å². The lowest BCUT2D eigenvalue weighted by Gasteiger charge is -2.16. The smallest absolute Gasteiger partial charge is 0.0701 e. The predicted molar refractivity (Wildman–Crippen MR) is 98.0 cm³/mol. The monoisotopic (exact) mass is 307 g/mol. The molecule has 0 fully saturated rings. The lowest BCUT2D eigenvalue weighted by molar-refractivity contribution is 0.324. The third kappa shape index (κ3) is 8.71. The van der Waals surface area contributed by atoms with Crippen LogP contribution in [0.15, 0.2) is 42.6 Å². The Morgan fingerprint density at radius 1 is 1.05 bits per heavy atom. The summed E-state index contributed by atoms with van der Waals surface area (Å²) < 4.78 is 0. The molecule has 2 aromatic rings. The molecule has 2 rings (SSSR count). The predicted octanol–water partition coefficient (Wildman–Crippen LogP) is 3.50. The van der Waals surface area contributed by atoms with Gasteiger partial charge in [0.15, 0.2) is 0 Å². The Hall–Kier alpha value is -1.10. The fourth-order valence-corrected chi connectivity index (χ4v) is 2.22. The van der Waals surface area contributed by atoms with E-state index in [1.807, 2.05) is 42.2 Å². The Balaban J connectivity index is 0.000000344. The summed E-state index contributed by atoms with van der Waals surface area (Å²) in [7, 11) is 1.50. The van der Waals surface area contributed by atoms with E-state index < -0.39 is 0 Å². The van der Waals surface area contributed by atoms with Crippen LogP contribution in [0.2, 0.25) is 0 Å². The summed E-state index contributed by atoms with van der Waals surface area (Å²) in [6.07, 6.45) is 3.96. The summed E-state index contributed by atoms with van der Waals surface area (Å²) in [4.78, 5) is 6.62. The van der Waals surface area contributed by atoms with Gasteiger partial charge in [-0.05, 0) is 38.5 Å². The van der Waals surface area contributed by atoms with Crippen LogP contribution in [-0.4, -0.2) is 48.6 Å². The van der Waals surface area contributed by atoms with Gasteiger partial charge in [0.05, 0.1) is 5.52 Å². The van der Waals surface area contributed by atoms with Crippen molar-refractivity contribution in [2.24, 2.45) is 5.73 Å². The first-order valence-electron chi connectivity index (χ1n) is 7.40. The number of rotatable bonds is 5. The van der Waals surface area contributed by atoms with Gasteiger partial charge in [0, 0.05) is 23.9 Å². The van der Waals surface area contributed by atoms with Crippen molar-refractivity contribution in [1.29, 1.82) is 0 Å². The molecule has 0 aliphatic rings. The van der Waals surface area contributed by atoms with Crippen molar-refractivity contribution in [3.63, 3.8) is 0 Å². The van der Waals surface area contributed by atoms with Gasteiger partial charge in [-0.25, -0.2) is 0 Å². The third-order valence-corrected chi connectivity index (χ3v) is 3.61. The lowest BCUT2D eigenvalue weighted by atomic mass is 10.2. The summed E-state index contributed by atoms with van der Waals surface area (Å²) in [5.41, 5.74) is 5.56. The highest BCUT2D eigenvalue weighted by molar-refractivity contribution is 7.98. The zero-order chi connectivity index (χ0) is 15.9. The lowest BCUT2D eigenvalue weighted by Crippen LogP contribution is -2.25. The third-order valence-electron chi connectivity index (χ3n) is 3.02. The molecule has 1 aromatic carbocycles. The fraction of sp³-hybridized carbons (Fsp3) is 0.471. The Morgan fingerprint density at radius 2 is 1.67 bits per heavy atom. The van der Waals surface area contributed by atoms with E-state index in [9.17, 15) is 0 Å². The van der Waals surface area contributed by atoms with Crippen LogP contribution in [0, 0.1) is 0 Å². The minimum Gasteiger partial charge on any atom is -0.333 e. The van der Waals surface area contributed by atoms with E-state index in [1.54, 1.807) is 0 Å². The van der Waals surface area contributed by atoms with E-state index in [-0.39, 0.29) is 0 Å². The van der Waals surface area contributed by atoms with E-state index in [0.717, 1.165) is 5.52 Å². The fourth-order valence-electron chi connectivity index (χ4n) is 1.78. The molecule has 0 amide bonds. The molecule has 1 heterocycles. The van der Waals surface area contributed by atoms with Crippen LogP contribution in [0.3, 0.4) is 0 Å². The minimum atomic E-state index is 1.06. The van der Waals surface area contributed by atoms with Gasteiger partial charge in [-0.1, -0.05) is 38.1 Å². The first-order valence-corrected chi connectivity index (χ1v) is 8.80. The topological polar surface area (TPSA) is 42.1 Å². The van der Waals surface area contributed by atoms with Crippen molar-refractivity contribution in [3.8, 4) is 0 Å². The van der Waals surface area contributed by atoms with Gasteiger partial charge in [0.1, 0.15) is 0 Å². The molecule has 0 saturated carbocycles. The summed E-state index contributed by atoms with van der Waals surface area (Å²) >= 11 is 1.92. The van der Waals surface area contributed by atoms with Crippen LogP contribution in [0.25, 0.3) is 10.9 Å². The molecule has 0 aliphatic heterocycles. The number of nitrogens with zero attached hydrogens (tertiary/aromatic N) is 2. The number of benzene rings is 1. The zero-order valence-corrected chi connectivity index (χ0v) is 14.6. The number of hydrogen-bond acceptors (Lipinski definition) is 4. The molecule has 0 aliphatic carbocycles. The molecular formula is C17H29N3S. The van der Waals surface area contributed by atoms with Crippen LogP contribution < -0.4 is 5.73 Å². The number of fused-ring (bicyclic) bond motifs is 1. The van der Waals surface area contributed by atoms with Crippen LogP contribution in [0.4, 0.5) is 0 Å². The van der Waals surface area contributed by atoms with Crippen molar-refractivity contribution in [2.75, 3.05) is 38.7 Å². The molecule has 0 saturated heterocycles. The first-order chi connectivity index (χ1) is 10.3. The second-order valence-corrected chi connectivity index (χ2v) is 5.20. The highest BCUT2D eigenvalue weighted by Crippen LogP contribution is 2.07. The number of para-hydroxylation sites is 1. The zero-order valence-electron chi connectivity index (χ0n) is 13.7. The van der Waals surface area contributed by atoms with Crippen LogP contribution >= 0.6 is 11.8 Å². The van der Waals surface area contributed by atoms with Gasteiger partial charge < -0.3 is 10.6 Å². The van der Waals surface area contributed by atoms with Crippen molar-refractivity contribution >= 4 is 22.7 Å². The number of pyridine rings is 1. The second-order valence-electron chi connectivity index (χ2n) is 4.22. The van der Waals surface area contributed by atoms with E-state index in [0.29, 0.717) is 0 Å². The van der Waals surface area contributed by atoms with E-state index >= 15 is 0 Å². The number of hydrogen-bond donors (Lipinski definition) is 1. The van der Waals surface area contributed by atoms with Crippen LogP contribution in [-0.2, 0) is 0 Å². The summed E-state index contributed by atoms with van der Waals surface area (Å²) in [6.45, 7) is 8.05. The molecular weight excluding hydrogens is 278 g/mol. The maximum Gasteiger partial charge on any atom is 0.0701 e. The van der Waals surface area contributed by atoms with Gasteiger partial charge in [0.25, 0.3) is 0 Å². The van der Waals surface area contributed by atoms with Crippen molar-refractivity contribution in [2.45, 2.75) is 13.8 Å². The van der Waals surface area contributed by atoms with Gasteiger partial charge >= 0.3 is 0 Å². The SMILES string of the molecule is CCN(CC)CCSC.CN.c1ccc2ncccc2c1.